The molecule has 0 aromatic heterocycles. The van der Waals surface area contributed by atoms with Gasteiger partial charge in [-0.2, -0.15) is 0 Å². The van der Waals surface area contributed by atoms with Crippen LogP contribution in [0.1, 0.15) is 45.4 Å². The van der Waals surface area contributed by atoms with Gasteiger partial charge in [-0.15, -0.1) is 0 Å². The van der Waals surface area contributed by atoms with Crippen molar-refractivity contribution in [2.24, 2.45) is 0 Å². The Balaban J connectivity index is 1.81. The van der Waals surface area contributed by atoms with Gasteiger partial charge in [-0.3, -0.25) is 0 Å². The van der Waals surface area contributed by atoms with Crippen LogP contribution in [0.2, 0.25) is 0 Å². The van der Waals surface area contributed by atoms with Crippen molar-refractivity contribution in [3.63, 3.8) is 0 Å². The lowest BCUT2D eigenvalue weighted by Gasteiger charge is -2.32. The average molecular weight is 283 g/mol. The molecule has 0 heterocycles. The van der Waals surface area contributed by atoms with E-state index in [0.717, 1.165) is 25.9 Å². The predicted molar refractivity (Wildman–Crippen MR) is 84.0 cm³/mol. The number of aliphatic hydroxyl groups is 1. The molecule has 20 heavy (non-hydrogen) atoms. The third-order valence-electron chi connectivity index (χ3n) is 4.95. The smallest absolute Gasteiger partial charge is 0.0614 e. The summed E-state index contributed by atoms with van der Waals surface area (Å²) < 4.78 is 0. The van der Waals surface area contributed by atoms with Crippen molar-refractivity contribution in [3.8, 4) is 0 Å². The van der Waals surface area contributed by atoms with Crippen LogP contribution in [0, 0.1) is 0 Å². The first-order valence-corrected chi connectivity index (χ1v) is 8.36. The number of hydrogen-bond donors (Lipinski definition) is 2. The van der Waals surface area contributed by atoms with Crippen molar-refractivity contribution in [2.45, 2.75) is 63.1 Å². The highest BCUT2D eigenvalue weighted by molar-refractivity contribution is 5.03. The summed E-state index contributed by atoms with van der Waals surface area (Å²) >= 11 is 0. The van der Waals surface area contributed by atoms with Gasteiger partial charge >= 0.3 is 0 Å². The van der Waals surface area contributed by atoms with E-state index in [9.17, 15) is 5.11 Å². The molecule has 0 aromatic rings. The summed E-state index contributed by atoms with van der Waals surface area (Å²) in [5.74, 6) is 0. The molecular weight excluding hydrogens is 250 g/mol. The lowest BCUT2D eigenvalue weighted by Crippen LogP contribution is -2.49. The Kier molecular flexibility index (Phi) is 5.84. The second-order valence-corrected chi connectivity index (χ2v) is 7.04. The zero-order chi connectivity index (χ0) is 14.6. The van der Waals surface area contributed by atoms with Gasteiger partial charge in [0.25, 0.3) is 0 Å². The highest BCUT2D eigenvalue weighted by Crippen LogP contribution is 2.36. The van der Waals surface area contributed by atoms with Gasteiger partial charge in [-0.25, -0.2) is 0 Å². The Bertz CT molecular complexity index is 293. The minimum Gasteiger partial charge on any atom is -0.394 e. The molecule has 2 unspecified atom stereocenters. The molecule has 2 rings (SSSR count). The van der Waals surface area contributed by atoms with Crippen LogP contribution in [-0.2, 0) is 0 Å². The molecule has 2 fully saturated rings. The molecule has 0 spiro atoms. The molecule has 0 saturated heterocycles. The number of rotatable bonds is 9. The maximum absolute atomic E-state index is 9.83. The fourth-order valence-corrected chi connectivity index (χ4v) is 3.58. The zero-order valence-corrected chi connectivity index (χ0v) is 13.6. The number of aliphatic hydroxyl groups excluding tert-OH is 1. The third-order valence-corrected chi connectivity index (χ3v) is 4.95. The molecule has 4 heteroatoms. The van der Waals surface area contributed by atoms with Crippen LogP contribution in [0.5, 0.6) is 0 Å². The minimum atomic E-state index is 0.0147. The molecule has 2 aliphatic rings. The highest BCUT2D eigenvalue weighted by atomic mass is 16.3. The maximum Gasteiger partial charge on any atom is 0.0614 e. The molecule has 0 amide bonds. The topological polar surface area (TPSA) is 38.7 Å². The van der Waals surface area contributed by atoms with E-state index in [-0.39, 0.29) is 5.54 Å². The van der Waals surface area contributed by atoms with Crippen LogP contribution in [-0.4, -0.2) is 72.9 Å². The summed E-state index contributed by atoms with van der Waals surface area (Å²) in [5.41, 5.74) is 0.0147. The third kappa shape index (κ3) is 4.42. The van der Waals surface area contributed by atoms with Crippen LogP contribution in [0.15, 0.2) is 0 Å². The molecule has 2 saturated carbocycles. The van der Waals surface area contributed by atoms with E-state index in [4.69, 9.17) is 0 Å². The van der Waals surface area contributed by atoms with Crippen molar-refractivity contribution < 1.29 is 5.11 Å². The van der Waals surface area contributed by atoms with Crippen molar-refractivity contribution in [1.82, 2.24) is 15.1 Å². The lowest BCUT2D eigenvalue weighted by molar-refractivity contribution is 0.141. The van der Waals surface area contributed by atoms with Crippen LogP contribution < -0.4 is 5.32 Å². The van der Waals surface area contributed by atoms with Crippen molar-refractivity contribution in [3.05, 3.63) is 0 Å². The van der Waals surface area contributed by atoms with Crippen LogP contribution in [0.25, 0.3) is 0 Å². The molecule has 0 aliphatic heterocycles. The van der Waals surface area contributed by atoms with E-state index >= 15 is 0 Å². The first kappa shape index (κ1) is 16.2. The summed E-state index contributed by atoms with van der Waals surface area (Å²) in [5, 5.41) is 13.5. The molecule has 0 radical (unpaired) electrons. The van der Waals surface area contributed by atoms with Crippen molar-refractivity contribution >= 4 is 0 Å². The maximum atomic E-state index is 9.83. The number of nitrogens with one attached hydrogen (secondary N) is 1. The van der Waals surface area contributed by atoms with Crippen LogP contribution >= 0.6 is 0 Å². The second-order valence-electron chi connectivity index (χ2n) is 7.04. The van der Waals surface area contributed by atoms with Gasteiger partial charge in [0.05, 0.1) is 6.61 Å². The van der Waals surface area contributed by atoms with Gasteiger partial charge < -0.3 is 20.2 Å². The standard InChI is InChI=1S/C16H33N3O/c1-4-19(11-5-10-18(2)3)15-8-9-16(12-15,13-20)17-14-6-7-14/h14-15,17,20H,4-13H2,1-3H3. The summed E-state index contributed by atoms with van der Waals surface area (Å²) in [7, 11) is 4.28. The monoisotopic (exact) mass is 283 g/mol. The van der Waals surface area contributed by atoms with E-state index in [0.29, 0.717) is 18.7 Å². The van der Waals surface area contributed by atoms with Crippen LogP contribution in [0.4, 0.5) is 0 Å². The Morgan fingerprint density at radius 1 is 1.20 bits per heavy atom. The van der Waals surface area contributed by atoms with Gasteiger partial charge in [0, 0.05) is 17.6 Å². The Morgan fingerprint density at radius 3 is 2.50 bits per heavy atom. The second kappa shape index (κ2) is 7.21. The molecule has 0 aromatic carbocycles. The molecule has 4 nitrogen and oxygen atoms in total. The Labute approximate surface area is 124 Å². The average Bonchev–Trinajstić information content (AvgIpc) is 3.13. The van der Waals surface area contributed by atoms with E-state index < -0.39 is 0 Å². The zero-order valence-electron chi connectivity index (χ0n) is 13.6. The highest BCUT2D eigenvalue weighted by Gasteiger charge is 2.43. The van der Waals surface area contributed by atoms with Gasteiger partial charge in [0.15, 0.2) is 0 Å². The molecule has 2 N–H and O–H groups in total. The Hall–Kier alpha value is -0.160. The molecule has 0 bridgehead atoms. The van der Waals surface area contributed by atoms with Crippen LogP contribution in [0.3, 0.4) is 0 Å². The fraction of sp³-hybridized carbons (Fsp3) is 1.00. The van der Waals surface area contributed by atoms with E-state index in [1.165, 1.54) is 32.2 Å². The molecular formula is C16H33N3O. The number of nitrogens with zero attached hydrogens (tertiary/aromatic N) is 2. The van der Waals surface area contributed by atoms with Crippen molar-refractivity contribution in [2.75, 3.05) is 40.3 Å². The number of hydrogen-bond acceptors (Lipinski definition) is 4. The quantitative estimate of drug-likeness (QED) is 0.669. The summed E-state index contributed by atoms with van der Waals surface area (Å²) in [6.07, 6.45) is 7.32. The first-order chi connectivity index (χ1) is 9.58. The minimum absolute atomic E-state index is 0.0147. The lowest BCUT2D eigenvalue weighted by atomic mass is 9.98. The van der Waals surface area contributed by atoms with E-state index in [1.807, 2.05) is 0 Å². The molecule has 2 atom stereocenters. The van der Waals surface area contributed by atoms with E-state index in [1.54, 1.807) is 0 Å². The summed E-state index contributed by atoms with van der Waals surface area (Å²) in [6.45, 7) is 6.04. The fourth-order valence-electron chi connectivity index (χ4n) is 3.58. The molecule has 118 valence electrons. The SMILES string of the molecule is CCN(CCCN(C)C)C1CCC(CO)(NC2CC2)C1. The van der Waals surface area contributed by atoms with Gasteiger partial charge in [-0.05, 0) is 72.3 Å². The van der Waals surface area contributed by atoms with E-state index in [2.05, 4.69) is 36.1 Å². The summed E-state index contributed by atoms with van der Waals surface area (Å²) in [6, 6.07) is 1.34. The predicted octanol–water partition coefficient (Wildman–Crippen LogP) is 1.30. The van der Waals surface area contributed by atoms with Gasteiger partial charge in [0.2, 0.25) is 0 Å². The normalized spacial score (nSPS) is 30.6. The summed E-state index contributed by atoms with van der Waals surface area (Å²) in [4.78, 5) is 4.88. The Morgan fingerprint density at radius 2 is 1.95 bits per heavy atom. The van der Waals surface area contributed by atoms with Gasteiger partial charge in [-0.1, -0.05) is 6.92 Å². The largest absolute Gasteiger partial charge is 0.394 e. The van der Waals surface area contributed by atoms with Gasteiger partial charge in [0.1, 0.15) is 0 Å². The van der Waals surface area contributed by atoms with Crippen molar-refractivity contribution in [1.29, 1.82) is 0 Å². The molecule has 2 aliphatic carbocycles. The first-order valence-electron chi connectivity index (χ1n) is 8.36.